The van der Waals surface area contributed by atoms with E-state index < -0.39 is 0 Å². The van der Waals surface area contributed by atoms with Gasteiger partial charge in [-0.25, -0.2) is 4.98 Å². The Morgan fingerprint density at radius 1 is 1.12 bits per heavy atom. The van der Waals surface area contributed by atoms with E-state index in [1.165, 1.54) is 11.1 Å². The van der Waals surface area contributed by atoms with Crippen LogP contribution in [0.5, 0.6) is 0 Å². The van der Waals surface area contributed by atoms with Crippen LogP contribution in [-0.4, -0.2) is 24.5 Å². The molecule has 0 aliphatic heterocycles. The molecule has 0 radical (unpaired) electrons. The Kier molecular flexibility index (Phi) is 9.71. The van der Waals surface area contributed by atoms with Crippen LogP contribution >= 0.6 is 35.6 Å². The van der Waals surface area contributed by atoms with Crippen molar-refractivity contribution in [1.82, 2.24) is 15.6 Å². The molecule has 0 spiro atoms. The third-order valence-electron chi connectivity index (χ3n) is 3.66. The molecule has 0 bridgehead atoms. The fourth-order valence-electron chi connectivity index (χ4n) is 2.35. The lowest BCUT2D eigenvalue weighted by atomic mass is 10.1. The highest BCUT2D eigenvalue weighted by Gasteiger charge is 2.02. The van der Waals surface area contributed by atoms with Crippen LogP contribution in [0.4, 0.5) is 0 Å². The van der Waals surface area contributed by atoms with Crippen LogP contribution < -0.4 is 10.6 Å². The molecule has 2 rings (SSSR count). The second kappa shape index (κ2) is 11.3. The van der Waals surface area contributed by atoms with Crippen molar-refractivity contribution in [2.75, 3.05) is 13.6 Å². The highest BCUT2D eigenvalue weighted by molar-refractivity contribution is 14.0. The lowest BCUT2D eigenvalue weighted by Gasteiger charge is -2.13. The minimum Gasteiger partial charge on any atom is -0.356 e. The van der Waals surface area contributed by atoms with Gasteiger partial charge in [0, 0.05) is 26.3 Å². The van der Waals surface area contributed by atoms with Crippen molar-refractivity contribution in [2.45, 2.75) is 26.3 Å². The van der Waals surface area contributed by atoms with Gasteiger partial charge in [-0.3, -0.25) is 4.99 Å². The molecular formula is C18H24ClIN4. The summed E-state index contributed by atoms with van der Waals surface area (Å²) >= 11 is 5.79. The summed E-state index contributed by atoms with van der Waals surface area (Å²) in [6, 6.07) is 12.3. The Morgan fingerprint density at radius 3 is 2.50 bits per heavy atom. The van der Waals surface area contributed by atoms with Gasteiger partial charge in [-0.1, -0.05) is 48.9 Å². The summed E-state index contributed by atoms with van der Waals surface area (Å²) in [5.74, 6) is 0.804. The monoisotopic (exact) mass is 458 g/mol. The Morgan fingerprint density at radius 2 is 1.88 bits per heavy atom. The molecule has 0 saturated heterocycles. The molecule has 1 aromatic heterocycles. The van der Waals surface area contributed by atoms with E-state index in [0.717, 1.165) is 37.5 Å². The first-order chi connectivity index (χ1) is 11.2. The summed E-state index contributed by atoms with van der Waals surface area (Å²) in [6.07, 6.45) is 3.71. The van der Waals surface area contributed by atoms with E-state index in [-0.39, 0.29) is 24.0 Å². The van der Waals surface area contributed by atoms with Crippen LogP contribution in [0.2, 0.25) is 5.15 Å². The zero-order valence-corrected chi connectivity index (χ0v) is 17.1. The van der Waals surface area contributed by atoms with Gasteiger partial charge in [0.1, 0.15) is 5.15 Å². The molecule has 24 heavy (non-hydrogen) atoms. The van der Waals surface area contributed by atoms with Gasteiger partial charge in [0.15, 0.2) is 5.96 Å². The first-order valence-electron chi connectivity index (χ1n) is 7.84. The van der Waals surface area contributed by atoms with Crippen molar-refractivity contribution in [2.24, 2.45) is 4.99 Å². The van der Waals surface area contributed by atoms with Crippen molar-refractivity contribution in [3.63, 3.8) is 0 Å². The fraction of sp³-hybridized carbons (Fsp3) is 0.333. The number of halogens is 2. The van der Waals surface area contributed by atoms with E-state index in [1.807, 2.05) is 12.1 Å². The number of hydrogen-bond acceptors (Lipinski definition) is 2. The summed E-state index contributed by atoms with van der Waals surface area (Å²) in [4.78, 5) is 8.35. The van der Waals surface area contributed by atoms with Crippen molar-refractivity contribution < 1.29 is 0 Å². The molecule has 0 amide bonds. The first kappa shape index (κ1) is 20.7. The van der Waals surface area contributed by atoms with Gasteiger partial charge in [0.2, 0.25) is 0 Å². The lowest BCUT2D eigenvalue weighted by molar-refractivity contribution is 0.788. The van der Waals surface area contributed by atoms with Gasteiger partial charge in [-0.05, 0) is 35.6 Å². The smallest absolute Gasteiger partial charge is 0.191 e. The highest BCUT2D eigenvalue weighted by Crippen LogP contribution is 2.09. The SMILES string of the molecule is CCc1ccccc1CNC(=NC)NCCc1ccc(Cl)nc1.I. The van der Waals surface area contributed by atoms with Gasteiger partial charge in [-0.15, -0.1) is 24.0 Å². The quantitative estimate of drug-likeness (QED) is 0.299. The molecule has 0 aliphatic rings. The van der Waals surface area contributed by atoms with E-state index in [1.54, 1.807) is 13.2 Å². The average molecular weight is 459 g/mol. The molecule has 1 heterocycles. The third-order valence-corrected chi connectivity index (χ3v) is 3.89. The van der Waals surface area contributed by atoms with Crippen LogP contribution in [0.25, 0.3) is 0 Å². The number of benzene rings is 1. The Labute approximate surface area is 166 Å². The minimum atomic E-state index is 0. The minimum absolute atomic E-state index is 0. The number of pyridine rings is 1. The summed E-state index contributed by atoms with van der Waals surface area (Å²) in [5, 5.41) is 7.20. The van der Waals surface area contributed by atoms with E-state index in [2.05, 4.69) is 51.8 Å². The van der Waals surface area contributed by atoms with Crippen molar-refractivity contribution in [3.05, 3.63) is 64.4 Å². The molecule has 2 aromatic rings. The molecule has 4 nitrogen and oxygen atoms in total. The standard InChI is InChI=1S/C18H23ClN4.HI/c1-3-15-6-4-5-7-16(15)13-23-18(20-2)21-11-10-14-8-9-17(19)22-12-14;/h4-9,12H,3,10-11,13H2,1-2H3,(H2,20,21,23);1H. The molecular weight excluding hydrogens is 435 g/mol. The van der Waals surface area contributed by atoms with Crippen molar-refractivity contribution >= 4 is 41.5 Å². The molecule has 130 valence electrons. The second-order valence-corrected chi connectivity index (χ2v) is 5.60. The topological polar surface area (TPSA) is 49.3 Å². The Hall–Kier alpha value is -1.34. The van der Waals surface area contributed by atoms with Gasteiger partial charge >= 0.3 is 0 Å². The van der Waals surface area contributed by atoms with E-state index in [0.29, 0.717) is 5.15 Å². The summed E-state index contributed by atoms with van der Waals surface area (Å²) in [5.41, 5.74) is 3.82. The second-order valence-electron chi connectivity index (χ2n) is 5.21. The number of aromatic nitrogens is 1. The molecule has 0 saturated carbocycles. The number of nitrogens with zero attached hydrogens (tertiary/aromatic N) is 2. The number of guanidine groups is 1. The van der Waals surface area contributed by atoms with Crippen molar-refractivity contribution in [1.29, 1.82) is 0 Å². The van der Waals surface area contributed by atoms with E-state index in [9.17, 15) is 0 Å². The number of aliphatic imine (C=N–C) groups is 1. The number of rotatable bonds is 6. The van der Waals surface area contributed by atoms with Gasteiger partial charge in [-0.2, -0.15) is 0 Å². The first-order valence-corrected chi connectivity index (χ1v) is 8.22. The molecule has 6 heteroatoms. The summed E-state index contributed by atoms with van der Waals surface area (Å²) in [6.45, 7) is 3.73. The van der Waals surface area contributed by atoms with Crippen molar-refractivity contribution in [3.8, 4) is 0 Å². The average Bonchev–Trinajstić information content (AvgIpc) is 2.59. The molecule has 1 aromatic carbocycles. The fourth-order valence-corrected chi connectivity index (χ4v) is 2.47. The van der Waals surface area contributed by atoms with Gasteiger partial charge in [0.25, 0.3) is 0 Å². The number of aryl methyl sites for hydroxylation is 1. The number of hydrogen-bond donors (Lipinski definition) is 2. The van der Waals surface area contributed by atoms with E-state index >= 15 is 0 Å². The largest absolute Gasteiger partial charge is 0.356 e. The predicted octanol–water partition coefficient (Wildman–Crippen LogP) is 3.82. The normalized spacial score (nSPS) is 10.9. The van der Waals surface area contributed by atoms with Gasteiger partial charge in [0.05, 0.1) is 0 Å². The summed E-state index contributed by atoms with van der Waals surface area (Å²) < 4.78 is 0. The summed E-state index contributed by atoms with van der Waals surface area (Å²) in [7, 11) is 1.78. The number of nitrogens with one attached hydrogen (secondary N) is 2. The Balaban J connectivity index is 0.00000288. The molecule has 0 aliphatic carbocycles. The maximum absolute atomic E-state index is 5.79. The van der Waals surface area contributed by atoms with Crippen LogP contribution in [0.15, 0.2) is 47.6 Å². The molecule has 0 atom stereocenters. The predicted molar refractivity (Wildman–Crippen MR) is 112 cm³/mol. The van der Waals surface area contributed by atoms with Crippen LogP contribution in [0.3, 0.4) is 0 Å². The third kappa shape index (κ3) is 6.65. The Bertz CT molecular complexity index is 644. The highest BCUT2D eigenvalue weighted by atomic mass is 127. The zero-order valence-electron chi connectivity index (χ0n) is 14.1. The molecule has 2 N–H and O–H groups in total. The molecule has 0 fully saturated rings. The van der Waals surface area contributed by atoms with Crippen LogP contribution in [0, 0.1) is 0 Å². The maximum atomic E-state index is 5.79. The lowest BCUT2D eigenvalue weighted by Crippen LogP contribution is -2.38. The zero-order chi connectivity index (χ0) is 16.5. The van der Waals surface area contributed by atoms with E-state index in [4.69, 9.17) is 11.6 Å². The maximum Gasteiger partial charge on any atom is 0.191 e. The van der Waals surface area contributed by atoms with Crippen LogP contribution in [-0.2, 0) is 19.4 Å². The molecule has 0 unspecified atom stereocenters. The van der Waals surface area contributed by atoms with Crippen LogP contribution in [0.1, 0.15) is 23.6 Å². The van der Waals surface area contributed by atoms with Gasteiger partial charge < -0.3 is 10.6 Å².